The largest absolute Gasteiger partial charge is 0.454 e. The third-order valence-electron chi connectivity index (χ3n) is 4.72. The van der Waals surface area contributed by atoms with Gasteiger partial charge in [-0.1, -0.05) is 25.3 Å². The fraction of sp³-hybridized carbons (Fsp3) is 0.611. The number of ether oxygens (including phenoxy) is 2. The highest BCUT2D eigenvalue weighted by molar-refractivity contribution is 5.76. The number of carbonyl (C=O) groups is 1. The van der Waals surface area contributed by atoms with Crippen LogP contribution in [0.3, 0.4) is 0 Å². The molecule has 1 unspecified atom stereocenters. The number of benzene rings is 1. The zero-order chi connectivity index (χ0) is 16.1. The molecule has 126 valence electrons. The summed E-state index contributed by atoms with van der Waals surface area (Å²) in [4.78, 5) is 12.0. The van der Waals surface area contributed by atoms with Gasteiger partial charge in [-0.25, -0.2) is 0 Å². The summed E-state index contributed by atoms with van der Waals surface area (Å²) < 4.78 is 10.6. The summed E-state index contributed by atoms with van der Waals surface area (Å²) >= 11 is 0. The molecule has 0 spiro atoms. The molecule has 0 saturated heterocycles. The maximum atomic E-state index is 12.0. The Morgan fingerprint density at radius 2 is 2.00 bits per heavy atom. The van der Waals surface area contributed by atoms with E-state index in [1.807, 2.05) is 12.1 Å². The van der Waals surface area contributed by atoms with E-state index < -0.39 is 6.10 Å². The molecule has 1 saturated carbocycles. The first-order valence-corrected chi connectivity index (χ1v) is 8.56. The summed E-state index contributed by atoms with van der Waals surface area (Å²) in [5.41, 5.74) is 0.788. The van der Waals surface area contributed by atoms with E-state index in [4.69, 9.17) is 9.47 Å². The first kappa shape index (κ1) is 16.1. The van der Waals surface area contributed by atoms with Crippen molar-refractivity contribution < 1.29 is 19.4 Å². The Labute approximate surface area is 137 Å². The van der Waals surface area contributed by atoms with Crippen LogP contribution in [0.1, 0.15) is 56.6 Å². The van der Waals surface area contributed by atoms with Gasteiger partial charge < -0.3 is 19.9 Å². The third-order valence-corrected chi connectivity index (χ3v) is 4.72. The van der Waals surface area contributed by atoms with Gasteiger partial charge in [-0.2, -0.15) is 0 Å². The zero-order valence-corrected chi connectivity index (χ0v) is 13.4. The van der Waals surface area contributed by atoms with Crippen LogP contribution in [-0.4, -0.2) is 24.4 Å². The van der Waals surface area contributed by atoms with Crippen molar-refractivity contribution in [3.63, 3.8) is 0 Å². The summed E-state index contributed by atoms with van der Waals surface area (Å²) in [5, 5.41) is 13.2. The quantitative estimate of drug-likeness (QED) is 0.846. The number of amides is 1. The van der Waals surface area contributed by atoms with Crippen molar-refractivity contribution in [3.8, 4) is 11.5 Å². The Balaban J connectivity index is 1.40. The lowest BCUT2D eigenvalue weighted by atomic mass is 9.87. The molecule has 1 fully saturated rings. The van der Waals surface area contributed by atoms with Gasteiger partial charge in [0.15, 0.2) is 11.5 Å². The van der Waals surface area contributed by atoms with Crippen LogP contribution in [0.4, 0.5) is 0 Å². The van der Waals surface area contributed by atoms with Crippen molar-refractivity contribution >= 4 is 5.91 Å². The molecule has 1 aliphatic heterocycles. The minimum absolute atomic E-state index is 0.106. The summed E-state index contributed by atoms with van der Waals surface area (Å²) in [6, 6.07) is 5.45. The first-order chi connectivity index (χ1) is 11.2. The number of rotatable bonds is 6. The molecule has 1 amide bonds. The molecule has 2 N–H and O–H groups in total. The highest BCUT2D eigenvalue weighted by Crippen LogP contribution is 2.34. The van der Waals surface area contributed by atoms with Gasteiger partial charge in [0.2, 0.25) is 12.7 Å². The molecule has 1 aliphatic carbocycles. The van der Waals surface area contributed by atoms with Crippen LogP contribution < -0.4 is 14.8 Å². The lowest BCUT2D eigenvalue weighted by Gasteiger charge is -2.21. The second kappa shape index (κ2) is 7.68. The van der Waals surface area contributed by atoms with Crippen molar-refractivity contribution in [2.45, 2.75) is 51.0 Å². The molecule has 1 atom stereocenters. The predicted molar refractivity (Wildman–Crippen MR) is 86.3 cm³/mol. The zero-order valence-electron chi connectivity index (χ0n) is 13.4. The number of nitrogens with one attached hydrogen (secondary N) is 1. The molecule has 1 heterocycles. The number of fused-ring (bicyclic) bond motifs is 1. The molecule has 1 aromatic carbocycles. The van der Waals surface area contributed by atoms with Crippen LogP contribution in [0.5, 0.6) is 11.5 Å². The van der Waals surface area contributed by atoms with Gasteiger partial charge in [0.25, 0.3) is 0 Å². The van der Waals surface area contributed by atoms with E-state index >= 15 is 0 Å². The van der Waals surface area contributed by atoms with E-state index in [0.29, 0.717) is 36.8 Å². The van der Waals surface area contributed by atoms with Gasteiger partial charge in [-0.05, 0) is 42.9 Å². The van der Waals surface area contributed by atoms with Crippen molar-refractivity contribution in [1.29, 1.82) is 0 Å². The number of aliphatic hydroxyl groups excluding tert-OH is 1. The number of aliphatic hydroxyl groups is 1. The standard InChI is InChI=1S/C18H25NO4/c20-15(14-6-7-16-17(11-14)23-12-22-16)8-9-19-18(21)10-13-4-2-1-3-5-13/h6-7,11,13,15,20H,1-5,8-10,12H2,(H,19,21). The highest BCUT2D eigenvalue weighted by Gasteiger charge is 2.18. The lowest BCUT2D eigenvalue weighted by molar-refractivity contribution is -0.122. The first-order valence-electron chi connectivity index (χ1n) is 8.56. The second-order valence-corrected chi connectivity index (χ2v) is 6.48. The summed E-state index contributed by atoms with van der Waals surface area (Å²) in [6.07, 6.45) is 6.66. The van der Waals surface area contributed by atoms with Crippen molar-refractivity contribution in [1.82, 2.24) is 5.32 Å². The van der Waals surface area contributed by atoms with E-state index in [-0.39, 0.29) is 12.7 Å². The van der Waals surface area contributed by atoms with E-state index in [2.05, 4.69) is 5.32 Å². The predicted octanol–water partition coefficient (Wildman–Crippen LogP) is 2.93. The van der Waals surface area contributed by atoms with Gasteiger partial charge in [-0.15, -0.1) is 0 Å². The molecule has 3 rings (SSSR count). The summed E-state index contributed by atoms with van der Waals surface area (Å²) in [7, 11) is 0. The highest BCUT2D eigenvalue weighted by atomic mass is 16.7. The van der Waals surface area contributed by atoms with Crippen LogP contribution in [0.15, 0.2) is 18.2 Å². The fourth-order valence-corrected chi connectivity index (χ4v) is 3.36. The Kier molecular flexibility index (Phi) is 5.39. The Hall–Kier alpha value is -1.75. The third kappa shape index (κ3) is 4.38. The average Bonchev–Trinajstić information content (AvgIpc) is 3.03. The van der Waals surface area contributed by atoms with Gasteiger partial charge >= 0.3 is 0 Å². The summed E-state index contributed by atoms with van der Waals surface area (Å²) in [6.45, 7) is 0.716. The van der Waals surface area contributed by atoms with Crippen LogP contribution >= 0.6 is 0 Å². The van der Waals surface area contributed by atoms with Crippen LogP contribution in [0.2, 0.25) is 0 Å². The Bertz CT molecular complexity index is 540. The maximum absolute atomic E-state index is 12.0. The minimum Gasteiger partial charge on any atom is -0.454 e. The maximum Gasteiger partial charge on any atom is 0.231 e. The normalized spacial score (nSPS) is 18.7. The summed E-state index contributed by atoms with van der Waals surface area (Å²) in [5.74, 6) is 2.03. The Morgan fingerprint density at radius 3 is 2.83 bits per heavy atom. The number of hydrogen-bond acceptors (Lipinski definition) is 4. The van der Waals surface area contributed by atoms with Crippen molar-refractivity contribution in [2.75, 3.05) is 13.3 Å². The fourth-order valence-electron chi connectivity index (χ4n) is 3.36. The van der Waals surface area contributed by atoms with Gasteiger partial charge in [0, 0.05) is 13.0 Å². The average molecular weight is 319 g/mol. The van der Waals surface area contributed by atoms with Gasteiger partial charge in [-0.3, -0.25) is 4.79 Å². The van der Waals surface area contributed by atoms with Crippen LogP contribution in [0, 0.1) is 5.92 Å². The smallest absolute Gasteiger partial charge is 0.231 e. The second-order valence-electron chi connectivity index (χ2n) is 6.48. The lowest BCUT2D eigenvalue weighted by Crippen LogP contribution is -2.28. The SMILES string of the molecule is O=C(CC1CCCCC1)NCCC(O)c1ccc2c(c1)OCO2. The number of hydrogen-bond donors (Lipinski definition) is 2. The van der Waals surface area contributed by atoms with Gasteiger partial charge in [0.1, 0.15) is 0 Å². The molecule has 0 aromatic heterocycles. The molecular weight excluding hydrogens is 294 g/mol. The molecule has 1 aromatic rings. The van der Waals surface area contributed by atoms with Crippen molar-refractivity contribution in [3.05, 3.63) is 23.8 Å². The van der Waals surface area contributed by atoms with E-state index in [9.17, 15) is 9.90 Å². The molecule has 2 aliphatic rings. The van der Waals surface area contributed by atoms with E-state index in [0.717, 1.165) is 5.56 Å². The monoisotopic (exact) mass is 319 g/mol. The van der Waals surface area contributed by atoms with E-state index in [1.165, 1.54) is 32.1 Å². The molecule has 0 bridgehead atoms. The molecular formula is C18H25NO4. The topological polar surface area (TPSA) is 67.8 Å². The molecule has 23 heavy (non-hydrogen) atoms. The number of carbonyl (C=O) groups excluding carboxylic acids is 1. The van der Waals surface area contributed by atoms with E-state index in [1.54, 1.807) is 6.07 Å². The van der Waals surface area contributed by atoms with Crippen LogP contribution in [-0.2, 0) is 4.79 Å². The molecule has 0 radical (unpaired) electrons. The van der Waals surface area contributed by atoms with Crippen LogP contribution in [0.25, 0.3) is 0 Å². The Morgan fingerprint density at radius 1 is 1.22 bits per heavy atom. The molecule has 5 heteroatoms. The van der Waals surface area contributed by atoms with Gasteiger partial charge in [0.05, 0.1) is 6.10 Å². The minimum atomic E-state index is -0.612. The van der Waals surface area contributed by atoms with Crippen molar-refractivity contribution in [2.24, 2.45) is 5.92 Å². The molecule has 5 nitrogen and oxygen atoms in total.